The molecule has 1 saturated heterocycles. The van der Waals surface area contributed by atoms with E-state index in [1.807, 2.05) is 10.6 Å². The number of carboxylic acids is 3. The molecule has 0 radical (unpaired) electrons. The number of thiol groups is 1. The number of aliphatic carboxylic acids is 3. The number of amides is 12. The zero-order chi connectivity index (χ0) is 74.8. The molecule has 1 aliphatic heterocycles. The van der Waals surface area contributed by atoms with E-state index in [9.17, 15) is 117 Å². The Hall–Kier alpha value is -9.43. The maximum absolute atomic E-state index is 14.7. The average molecular weight is 1430 g/mol. The number of aliphatic hydroxyl groups is 3. The number of carbonyl (C=O) groups is 18. The minimum atomic E-state index is -2.29. The zero-order valence-electron chi connectivity index (χ0n) is 54.3. The largest absolute Gasteiger partial charge is 0.481 e. The van der Waals surface area contributed by atoms with Gasteiger partial charge in [-0.15, -0.1) is 0 Å². The van der Waals surface area contributed by atoms with Gasteiger partial charge in [-0.3, -0.25) is 81.5 Å². The van der Waals surface area contributed by atoms with Gasteiger partial charge in [-0.05, 0) is 38.5 Å². The van der Waals surface area contributed by atoms with E-state index in [-0.39, 0.29) is 6.42 Å². The molecule has 21 N–H and O–H groups in total. The monoisotopic (exact) mass is 1430 g/mol. The molecular formula is C55H87N13O29S. The summed E-state index contributed by atoms with van der Waals surface area (Å²) >= 11 is 3.83. The van der Waals surface area contributed by atoms with Gasteiger partial charge >= 0.3 is 35.8 Å². The van der Waals surface area contributed by atoms with Crippen LogP contribution >= 0.6 is 12.6 Å². The molecule has 552 valence electrons. The molecule has 0 aliphatic carbocycles. The summed E-state index contributed by atoms with van der Waals surface area (Å²) in [5.41, 5.74) is 10.6. The molecule has 1 aliphatic rings. The highest BCUT2D eigenvalue weighted by molar-refractivity contribution is 7.80. The van der Waals surface area contributed by atoms with Crippen molar-refractivity contribution in [2.45, 2.75) is 185 Å². The maximum atomic E-state index is 14.7. The van der Waals surface area contributed by atoms with E-state index < -0.39 is 288 Å². The standard InChI is InChI=1S/C55H87N13O29S/c1-22(2)14-31(65-48(85)28(8-11-37(57)76)64-52(89)34(19-71)66-51(88)33(18-70)60-38(77)15-56)50(87)63-29(9-12-40(79)80)47(84)62-30(10-13-41(81)82)49(86)68-42(53(90)67-32(17-69)46(83)58-16-39(78)61-35(21-98)54(91)92)23(3)94-55-43(59-24(4)72)45(96-27(7)75)44(95-26(6)74)36(97-55)20-93-25(5)73/h22-23,28-36,42-45,55,69-71,98H,8-21,56H2,1-7H3,(H2,57,76)(H,58,83)(H,59,72)(H,60,77)(H,61,78)(H,62,84)(H,63,87)(H,64,89)(H,65,85)(H,66,88)(H,67,90)(H,68,86)(H,79,80)(H,81,82)(H,91,92)/t23-,28+,29+,30+,31+,32+,33+,34+,35+,36-,42+,43-,44+,45-,55+/m1/s1. The second-order valence-electron chi connectivity index (χ2n) is 22.1. The van der Waals surface area contributed by atoms with Gasteiger partial charge < -0.3 is 124 Å². The number of nitrogens with one attached hydrogen (secondary N) is 11. The van der Waals surface area contributed by atoms with E-state index in [1.165, 1.54) is 0 Å². The molecule has 0 aromatic rings. The molecule has 0 bridgehead atoms. The van der Waals surface area contributed by atoms with Gasteiger partial charge in [-0.25, -0.2) is 4.79 Å². The van der Waals surface area contributed by atoms with E-state index in [0.717, 1.165) is 34.6 Å². The van der Waals surface area contributed by atoms with Crippen molar-refractivity contribution in [3.05, 3.63) is 0 Å². The molecule has 12 amide bonds. The molecule has 43 heteroatoms. The van der Waals surface area contributed by atoms with Crippen LogP contribution < -0.4 is 70.0 Å². The summed E-state index contributed by atoms with van der Waals surface area (Å²) in [7, 11) is 0. The Morgan fingerprint density at radius 3 is 1.36 bits per heavy atom. The fraction of sp³-hybridized carbons (Fsp3) is 0.673. The van der Waals surface area contributed by atoms with Crippen molar-refractivity contribution in [2.24, 2.45) is 17.4 Å². The SMILES string of the molecule is CC(=O)N[C@H]1[C@@H](O[C@H](C)[C@H](NC(=O)[C@H](CCC(=O)O)NC(=O)[C@H](CCC(=O)O)NC(=O)[C@H](CC(C)C)NC(=O)[C@H](CCC(N)=O)NC(=O)[C@H](CO)NC(=O)[C@H](CO)NC(=O)CN)C(=O)N[C@@H](CO)C(=O)NCC(=O)N[C@@H](CS)C(=O)O)O[C@H](COC(C)=O)[C@H](OC(C)=O)[C@@H]1OC(C)=O. The second kappa shape index (κ2) is 43.7. The van der Waals surface area contributed by atoms with E-state index in [2.05, 4.69) is 60.5 Å². The summed E-state index contributed by atoms with van der Waals surface area (Å²) in [5, 5.41) is 82.8. The Bertz CT molecular complexity index is 2870. The lowest BCUT2D eigenvalue weighted by atomic mass is 9.95. The number of primary amides is 1. The van der Waals surface area contributed by atoms with E-state index >= 15 is 0 Å². The Labute approximate surface area is 564 Å². The lowest BCUT2D eigenvalue weighted by Crippen LogP contribution is -2.68. The van der Waals surface area contributed by atoms with Crippen molar-refractivity contribution in [3.8, 4) is 0 Å². The first-order valence-electron chi connectivity index (χ1n) is 30.0. The first-order chi connectivity index (χ1) is 45.8. The number of carbonyl (C=O) groups excluding carboxylic acids is 15. The van der Waals surface area contributed by atoms with Crippen LogP contribution in [-0.2, 0) is 110 Å². The van der Waals surface area contributed by atoms with Crippen LogP contribution in [0.1, 0.15) is 93.4 Å². The number of esters is 3. The molecule has 0 aromatic carbocycles. The Morgan fingerprint density at radius 2 is 0.929 bits per heavy atom. The predicted molar refractivity (Wildman–Crippen MR) is 328 cm³/mol. The third-order valence-electron chi connectivity index (χ3n) is 13.6. The van der Waals surface area contributed by atoms with Crippen molar-refractivity contribution in [1.29, 1.82) is 0 Å². The summed E-state index contributed by atoms with van der Waals surface area (Å²) in [6.07, 6.45) is -14.2. The molecule has 0 saturated carbocycles. The highest BCUT2D eigenvalue weighted by Gasteiger charge is 2.52. The first-order valence-corrected chi connectivity index (χ1v) is 30.6. The van der Waals surface area contributed by atoms with Gasteiger partial charge in [0, 0.05) is 52.7 Å². The van der Waals surface area contributed by atoms with E-state index in [1.54, 1.807) is 13.8 Å². The quantitative estimate of drug-likeness (QED) is 0.0153. The zero-order valence-corrected chi connectivity index (χ0v) is 55.2. The van der Waals surface area contributed by atoms with Gasteiger partial charge in [0.25, 0.3) is 0 Å². The van der Waals surface area contributed by atoms with Crippen LogP contribution in [0.15, 0.2) is 0 Å². The molecule has 98 heavy (non-hydrogen) atoms. The maximum Gasteiger partial charge on any atom is 0.327 e. The van der Waals surface area contributed by atoms with E-state index in [0.29, 0.717) is 0 Å². The highest BCUT2D eigenvalue weighted by Crippen LogP contribution is 2.29. The fourth-order valence-electron chi connectivity index (χ4n) is 8.86. The van der Waals surface area contributed by atoms with Gasteiger partial charge in [0.15, 0.2) is 18.5 Å². The van der Waals surface area contributed by atoms with Crippen molar-refractivity contribution in [3.63, 3.8) is 0 Å². The summed E-state index contributed by atoms with van der Waals surface area (Å²) in [6, 6.07) is -18.9. The van der Waals surface area contributed by atoms with Crippen LogP contribution in [0.2, 0.25) is 0 Å². The second-order valence-corrected chi connectivity index (χ2v) is 22.5. The molecule has 42 nitrogen and oxygen atoms in total. The topological polar surface area (TPSA) is 659 Å². The van der Waals surface area contributed by atoms with Crippen LogP contribution in [0.5, 0.6) is 0 Å². The Kier molecular flexibility index (Phi) is 38.6. The first kappa shape index (κ1) is 86.6. The van der Waals surface area contributed by atoms with Crippen LogP contribution in [0, 0.1) is 5.92 Å². The lowest BCUT2D eigenvalue weighted by molar-refractivity contribution is -0.287. The number of carboxylic acid groups (broad SMARTS) is 3. The Morgan fingerprint density at radius 1 is 0.510 bits per heavy atom. The van der Waals surface area contributed by atoms with Gasteiger partial charge in [0.2, 0.25) is 70.9 Å². The molecular weight excluding hydrogens is 1340 g/mol. The number of nitrogens with two attached hydrogens (primary N) is 2. The number of rotatable bonds is 44. The third kappa shape index (κ3) is 31.6. The van der Waals surface area contributed by atoms with Crippen LogP contribution in [0.3, 0.4) is 0 Å². The lowest BCUT2D eigenvalue weighted by Gasteiger charge is -2.46. The molecule has 1 rings (SSSR count). The van der Waals surface area contributed by atoms with Gasteiger partial charge in [0.05, 0.1) is 39.0 Å². The van der Waals surface area contributed by atoms with E-state index in [4.69, 9.17) is 35.2 Å². The molecule has 0 spiro atoms. The number of aliphatic hydroxyl groups excluding tert-OH is 3. The number of ether oxygens (including phenoxy) is 5. The predicted octanol–water partition coefficient (Wildman–Crippen LogP) is -10.5. The van der Waals surface area contributed by atoms with Crippen molar-refractivity contribution >= 4 is 119 Å². The van der Waals surface area contributed by atoms with Crippen LogP contribution in [-0.4, -0.2) is 274 Å². The number of hydrogen-bond acceptors (Lipinski definition) is 28. The summed E-state index contributed by atoms with van der Waals surface area (Å²) in [4.78, 5) is 233. The minimum Gasteiger partial charge on any atom is -0.481 e. The smallest absolute Gasteiger partial charge is 0.327 e. The normalized spacial score (nSPS) is 18.6. The summed E-state index contributed by atoms with van der Waals surface area (Å²) in [6.45, 7) is 2.14. The van der Waals surface area contributed by atoms with Crippen molar-refractivity contribution < 1.29 is 141 Å². The Balaban J connectivity index is 4.04. The highest BCUT2D eigenvalue weighted by atomic mass is 32.1. The van der Waals surface area contributed by atoms with Gasteiger partial charge in [-0.2, -0.15) is 12.6 Å². The summed E-state index contributed by atoms with van der Waals surface area (Å²) < 4.78 is 28.2. The van der Waals surface area contributed by atoms with Crippen LogP contribution in [0.25, 0.3) is 0 Å². The number of hydrogen-bond donors (Lipinski definition) is 20. The van der Waals surface area contributed by atoms with Crippen molar-refractivity contribution in [2.75, 3.05) is 45.3 Å². The summed E-state index contributed by atoms with van der Waals surface area (Å²) in [5.74, 6) is -23.2. The molecule has 1 fully saturated rings. The fourth-order valence-corrected chi connectivity index (χ4v) is 9.11. The van der Waals surface area contributed by atoms with Gasteiger partial charge in [0.1, 0.15) is 73.1 Å². The molecule has 0 aromatic heterocycles. The molecule has 15 atom stereocenters. The van der Waals surface area contributed by atoms with Crippen LogP contribution in [0.4, 0.5) is 0 Å². The molecule has 0 unspecified atom stereocenters. The molecule has 1 heterocycles. The minimum absolute atomic E-state index is 0.305. The van der Waals surface area contributed by atoms with Gasteiger partial charge in [-0.1, -0.05) is 13.8 Å². The third-order valence-corrected chi connectivity index (χ3v) is 13.9. The average Bonchev–Trinajstić information content (AvgIpc) is 0.781. The van der Waals surface area contributed by atoms with Crippen molar-refractivity contribution in [1.82, 2.24) is 58.5 Å².